The molecule has 0 radical (unpaired) electrons. The number of hydrogen-bond acceptors (Lipinski definition) is 3. The summed E-state index contributed by atoms with van der Waals surface area (Å²) >= 11 is 0. The Labute approximate surface area is 78.1 Å². The van der Waals surface area contributed by atoms with Crippen LogP contribution in [-0.4, -0.2) is 6.54 Å². The van der Waals surface area contributed by atoms with E-state index in [-0.39, 0.29) is 0 Å². The van der Waals surface area contributed by atoms with Crippen LogP contribution in [0.15, 0.2) is 18.2 Å². The lowest BCUT2D eigenvalue weighted by Gasteiger charge is -2.14. The van der Waals surface area contributed by atoms with Crippen LogP contribution >= 0.6 is 0 Å². The Morgan fingerprint density at radius 2 is 2.15 bits per heavy atom. The van der Waals surface area contributed by atoms with Crippen molar-refractivity contribution in [2.24, 2.45) is 0 Å². The molecule has 0 saturated carbocycles. The molecule has 0 aromatic heterocycles. The second-order valence-electron chi connectivity index (χ2n) is 3.50. The number of rotatable bonds is 1. The number of nitrogens with one attached hydrogen (secondary N) is 1. The predicted molar refractivity (Wildman–Crippen MR) is 55.2 cm³/mol. The normalized spacial score (nSPS) is 22.0. The van der Waals surface area contributed by atoms with Gasteiger partial charge in [-0.1, -0.05) is 12.1 Å². The first kappa shape index (κ1) is 8.38. The van der Waals surface area contributed by atoms with Crippen LogP contribution in [0.2, 0.25) is 0 Å². The Kier molecular flexibility index (Phi) is 2.10. The molecule has 13 heavy (non-hydrogen) atoms. The van der Waals surface area contributed by atoms with E-state index in [2.05, 4.69) is 11.4 Å². The van der Waals surface area contributed by atoms with Crippen molar-refractivity contribution in [1.82, 2.24) is 5.32 Å². The predicted octanol–water partition coefficient (Wildman–Crippen LogP) is 1.28. The molecule has 1 saturated heterocycles. The summed E-state index contributed by atoms with van der Waals surface area (Å²) in [5, 5.41) is 3.41. The molecule has 0 amide bonds. The SMILES string of the molecule is Nc1cccc([C@@H]2CCCN2)c1N. The summed E-state index contributed by atoms with van der Waals surface area (Å²) in [6.45, 7) is 1.08. The molecule has 1 aromatic carbocycles. The van der Waals surface area contributed by atoms with Gasteiger partial charge in [0.25, 0.3) is 0 Å². The maximum Gasteiger partial charge on any atom is 0.0596 e. The number of nitrogen functional groups attached to an aromatic ring is 2. The highest BCUT2D eigenvalue weighted by Crippen LogP contribution is 2.30. The van der Waals surface area contributed by atoms with Gasteiger partial charge in [0.05, 0.1) is 11.4 Å². The molecule has 0 bridgehead atoms. The quantitative estimate of drug-likeness (QED) is 0.566. The topological polar surface area (TPSA) is 64.1 Å². The molecular formula is C10H15N3. The molecule has 70 valence electrons. The van der Waals surface area contributed by atoms with Crippen LogP contribution in [0, 0.1) is 0 Å². The van der Waals surface area contributed by atoms with Crippen LogP contribution < -0.4 is 16.8 Å². The first-order chi connectivity index (χ1) is 6.29. The lowest BCUT2D eigenvalue weighted by atomic mass is 10.0. The van der Waals surface area contributed by atoms with E-state index in [4.69, 9.17) is 11.5 Å². The molecule has 0 aliphatic carbocycles. The van der Waals surface area contributed by atoms with Gasteiger partial charge < -0.3 is 16.8 Å². The molecule has 2 rings (SSSR count). The van der Waals surface area contributed by atoms with Crippen LogP contribution in [-0.2, 0) is 0 Å². The van der Waals surface area contributed by atoms with Gasteiger partial charge in [0.2, 0.25) is 0 Å². The van der Waals surface area contributed by atoms with Gasteiger partial charge in [0.1, 0.15) is 0 Å². The summed E-state index contributed by atoms with van der Waals surface area (Å²) in [7, 11) is 0. The minimum atomic E-state index is 0.406. The van der Waals surface area contributed by atoms with E-state index in [1.54, 1.807) is 0 Å². The van der Waals surface area contributed by atoms with Crippen molar-refractivity contribution in [2.75, 3.05) is 18.0 Å². The van der Waals surface area contributed by atoms with E-state index >= 15 is 0 Å². The molecule has 3 nitrogen and oxygen atoms in total. The van der Waals surface area contributed by atoms with Crippen molar-refractivity contribution in [3.8, 4) is 0 Å². The summed E-state index contributed by atoms with van der Waals surface area (Å²) in [6, 6.07) is 6.26. The van der Waals surface area contributed by atoms with E-state index in [0.29, 0.717) is 11.7 Å². The Morgan fingerprint density at radius 1 is 1.31 bits per heavy atom. The fourth-order valence-corrected chi connectivity index (χ4v) is 1.86. The molecule has 0 spiro atoms. The average molecular weight is 177 g/mol. The van der Waals surface area contributed by atoms with E-state index < -0.39 is 0 Å². The average Bonchev–Trinajstić information content (AvgIpc) is 2.62. The number of para-hydroxylation sites is 1. The largest absolute Gasteiger partial charge is 0.397 e. The van der Waals surface area contributed by atoms with Gasteiger partial charge in [-0.15, -0.1) is 0 Å². The van der Waals surface area contributed by atoms with Crippen molar-refractivity contribution in [3.05, 3.63) is 23.8 Å². The van der Waals surface area contributed by atoms with Gasteiger partial charge in [0.15, 0.2) is 0 Å². The number of nitrogens with two attached hydrogens (primary N) is 2. The van der Waals surface area contributed by atoms with Crippen molar-refractivity contribution in [3.63, 3.8) is 0 Å². The fourth-order valence-electron chi connectivity index (χ4n) is 1.86. The lowest BCUT2D eigenvalue weighted by molar-refractivity contribution is 0.650. The van der Waals surface area contributed by atoms with Gasteiger partial charge in [-0.3, -0.25) is 0 Å². The number of benzene rings is 1. The monoisotopic (exact) mass is 177 g/mol. The molecular weight excluding hydrogens is 162 g/mol. The van der Waals surface area contributed by atoms with Crippen LogP contribution in [0.3, 0.4) is 0 Å². The second-order valence-corrected chi connectivity index (χ2v) is 3.50. The van der Waals surface area contributed by atoms with Crippen LogP contribution in [0.5, 0.6) is 0 Å². The maximum atomic E-state index is 5.90. The Bertz CT molecular complexity index is 303. The molecule has 3 heteroatoms. The summed E-state index contributed by atoms with van der Waals surface area (Å²) in [5.41, 5.74) is 14.2. The molecule has 0 unspecified atom stereocenters. The van der Waals surface area contributed by atoms with E-state index in [1.807, 2.05) is 12.1 Å². The van der Waals surface area contributed by atoms with Crippen molar-refractivity contribution < 1.29 is 0 Å². The molecule has 1 heterocycles. The van der Waals surface area contributed by atoms with Crippen molar-refractivity contribution in [2.45, 2.75) is 18.9 Å². The van der Waals surface area contributed by atoms with E-state index in [0.717, 1.165) is 24.2 Å². The Morgan fingerprint density at radius 3 is 2.85 bits per heavy atom. The van der Waals surface area contributed by atoms with Crippen LogP contribution in [0.25, 0.3) is 0 Å². The third-order valence-electron chi connectivity index (χ3n) is 2.61. The Hall–Kier alpha value is -1.22. The molecule has 1 aliphatic rings. The highest BCUT2D eigenvalue weighted by atomic mass is 14.9. The fraction of sp³-hybridized carbons (Fsp3) is 0.400. The van der Waals surface area contributed by atoms with Gasteiger partial charge in [-0.05, 0) is 31.0 Å². The summed E-state index contributed by atoms with van der Waals surface area (Å²) in [6.07, 6.45) is 2.38. The van der Waals surface area contributed by atoms with Crippen LogP contribution in [0.1, 0.15) is 24.4 Å². The highest BCUT2D eigenvalue weighted by Gasteiger charge is 2.18. The van der Waals surface area contributed by atoms with E-state index in [9.17, 15) is 0 Å². The second kappa shape index (κ2) is 3.26. The van der Waals surface area contributed by atoms with Crippen molar-refractivity contribution >= 4 is 11.4 Å². The third-order valence-corrected chi connectivity index (χ3v) is 2.61. The van der Waals surface area contributed by atoms with Gasteiger partial charge >= 0.3 is 0 Å². The summed E-state index contributed by atoms with van der Waals surface area (Å²) in [5.74, 6) is 0. The lowest BCUT2D eigenvalue weighted by Crippen LogP contribution is -2.15. The van der Waals surface area contributed by atoms with Gasteiger partial charge in [-0.25, -0.2) is 0 Å². The smallest absolute Gasteiger partial charge is 0.0596 e. The number of anilines is 2. The first-order valence-electron chi connectivity index (χ1n) is 4.66. The summed E-state index contributed by atoms with van der Waals surface area (Å²) in [4.78, 5) is 0. The maximum absolute atomic E-state index is 5.90. The Balaban J connectivity index is 2.33. The van der Waals surface area contributed by atoms with Crippen molar-refractivity contribution in [1.29, 1.82) is 0 Å². The minimum absolute atomic E-state index is 0.406. The molecule has 1 fully saturated rings. The van der Waals surface area contributed by atoms with Gasteiger partial charge in [0, 0.05) is 6.04 Å². The highest BCUT2D eigenvalue weighted by molar-refractivity contribution is 5.67. The van der Waals surface area contributed by atoms with Crippen LogP contribution in [0.4, 0.5) is 11.4 Å². The minimum Gasteiger partial charge on any atom is -0.397 e. The molecule has 5 N–H and O–H groups in total. The zero-order valence-corrected chi connectivity index (χ0v) is 7.59. The molecule has 1 aliphatic heterocycles. The van der Waals surface area contributed by atoms with E-state index in [1.165, 1.54) is 6.42 Å². The third kappa shape index (κ3) is 1.47. The molecule has 1 aromatic rings. The zero-order chi connectivity index (χ0) is 9.26. The first-order valence-corrected chi connectivity index (χ1v) is 4.66. The number of hydrogen-bond donors (Lipinski definition) is 3. The summed E-state index contributed by atoms with van der Waals surface area (Å²) < 4.78 is 0. The van der Waals surface area contributed by atoms with Gasteiger partial charge in [-0.2, -0.15) is 0 Å². The standard InChI is InChI=1S/C10H15N3/c11-8-4-1-3-7(10(8)12)9-5-2-6-13-9/h1,3-4,9,13H,2,5-6,11-12H2/t9-/m0/s1. The molecule has 1 atom stereocenters. The zero-order valence-electron chi connectivity index (χ0n) is 7.59.